The van der Waals surface area contributed by atoms with Crippen LogP contribution in [0.15, 0.2) is 42.3 Å². The number of carbonyl (C=O) groups is 1. The molecule has 1 unspecified atom stereocenters. The molecule has 1 amide bonds. The number of halogens is 2. The van der Waals surface area contributed by atoms with Crippen LogP contribution in [0.3, 0.4) is 0 Å². The molecule has 0 aliphatic rings. The van der Waals surface area contributed by atoms with Crippen LogP contribution in [0.1, 0.15) is 63.0 Å². The molecule has 0 aliphatic carbocycles. The molecule has 7 heteroatoms. The minimum atomic E-state index is -2.83. The largest absolute Gasteiger partial charge is 0.497 e. The number of hydrogen-bond donors (Lipinski definition) is 1. The molecule has 156 valence electrons. The van der Waals surface area contributed by atoms with Gasteiger partial charge >= 0.3 is 0 Å². The molecular formula is C21H31F2N3O2. The van der Waals surface area contributed by atoms with E-state index in [1.807, 2.05) is 39.8 Å². The number of hydrogen-bond acceptors (Lipinski definition) is 3. The number of aromatic nitrogens is 2. The van der Waals surface area contributed by atoms with Crippen LogP contribution in [0.25, 0.3) is 0 Å². The molecule has 0 saturated carbocycles. The van der Waals surface area contributed by atoms with Gasteiger partial charge in [0.05, 0.1) is 18.2 Å². The van der Waals surface area contributed by atoms with Crippen molar-refractivity contribution in [2.45, 2.75) is 52.5 Å². The number of methoxy groups -OCH3 is 1. The molecule has 1 N–H and O–H groups in total. The van der Waals surface area contributed by atoms with Crippen LogP contribution in [0.5, 0.6) is 0 Å². The van der Waals surface area contributed by atoms with Gasteiger partial charge in [-0.1, -0.05) is 45.4 Å². The normalized spacial score (nSPS) is 14.6. The Kier molecular flexibility index (Phi) is 8.60. The van der Waals surface area contributed by atoms with Crippen LogP contribution < -0.4 is 5.32 Å². The highest BCUT2D eigenvalue weighted by Crippen LogP contribution is 2.29. The van der Waals surface area contributed by atoms with Crippen molar-refractivity contribution in [2.24, 2.45) is 13.0 Å². The molecule has 5 nitrogen and oxygen atoms in total. The van der Waals surface area contributed by atoms with E-state index >= 15 is 0 Å². The predicted octanol–water partition coefficient (Wildman–Crippen LogP) is 4.95. The molecule has 0 aromatic carbocycles. The Morgan fingerprint density at radius 2 is 2.07 bits per heavy atom. The molecule has 0 aliphatic heterocycles. The average molecular weight is 395 g/mol. The Morgan fingerprint density at radius 1 is 1.43 bits per heavy atom. The Balaban J connectivity index is 3.38. The SMILES string of the molecule is C=C(C)/C=C\C(=C/C(CCC)(NC(=O)c1cn(C)nc1C(F)F)C(C)C)OC. The highest BCUT2D eigenvalue weighted by Gasteiger charge is 2.35. The van der Waals surface area contributed by atoms with Crippen molar-refractivity contribution in [1.29, 1.82) is 0 Å². The Bertz CT molecular complexity index is 751. The lowest BCUT2D eigenvalue weighted by Crippen LogP contribution is -2.51. The zero-order chi connectivity index (χ0) is 21.5. The van der Waals surface area contributed by atoms with Crippen LogP contribution >= 0.6 is 0 Å². The van der Waals surface area contributed by atoms with E-state index in [-0.39, 0.29) is 11.5 Å². The van der Waals surface area contributed by atoms with Gasteiger partial charge in [0.1, 0.15) is 11.5 Å². The molecule has 0 radical (unpaired) electrons. The summed E-state index contributed by atoms with van der Waals surface area (Å²) in [6.07, 6.45) is 5.32. The van der Waals surface area contributed by atoms with Gasteiger partial charge in [-0.2, -0.15) is 5.10 Å². The number of carbonyl (C=O) groups excluding carboxylic acids is 1. The van der Waals surface area contributed by atoms with Gasteiger partial charge in [0.2, 0.25) is 0 Å². The first-order chi connectivity index (χ1) is 13.1. The van der Waals surface area contributed by atoms with Crippen LogP contribution in [-0.4, -0.2) is 28.3 Å². The van der Waals surface area contributed by atoms with E-state index in [0.717, 1.165) is 12.0 Å². The number of allylic oxidation sites excluding steroid dienone is 3. The first-order valence-corrected chi connectivity index (χ1v) is 9.30. The maximum atomic E-state index is 13.3. The first kappa shape index (κ1) is 23.6. The van der Waals surface area contributed by atoms with Crippen molar-refractivity contribution in [2.75, 3.05) is 7.11 Å². The quantitative estimate of drug-likeness (QED) is 0.451. The number of nitrogens with zero attached hydrogens (tertiary/aromatic N) is 2. The van der Waals surface area contributed by atoms with Crippen LogP contribution in [0.2, 0.25) is 0 Å². The van der Waals surface area contributed by atoms with Crippen molar-refractivity contribution in [3.05, 3.63) is 53.6 Å². The summed E-state index contributed by atoms with van der Waals surface area (Å²) in [5, 5.41) is 6.69. The standard InChI is InChI=1S/C21H31F2N3O2/c1-8-11-21(15(4)5,12-16(28-7)10-9-14(2)3)24-20(27)17-13-26(6)25-18(17)19(22)23/h9-10,12-13,15,19H,2,8,11H2,1,3-7H3,(H,24,27)/b10-9-,16-12+. The second kappa shape index (κ2) is 10.2. The molecule has 1 aromatic rings. The van der Waals surface area contributed by atoms with E-state index in [4.69, 9.17) is 4.74 Å². The third kappa shape index (κ3) is 6.04. The van der Waals surface area contributed by atoms with Gasteiger partial charge in [0.15, 0.2) is 0 Å². The number of aryl methyl sites for hydroxylation is 1. The molecule has 0 bridgehead atoms. The summed E-state index contributed by atoms with van der Waals surface area (Å²) in [7, 11) is 3.05. The minimum absolute atomic E-state index is 0.00792. The zero-order valence-corrected chi connectivity index (χ0v) is 17.6. The van der Waals surface area contributed by atoms with Gasteiger partial charge in [-0.15, -0.1) is 0 Å². The Labute approximate surface area is 166 Å². The summed E-state index contributed by atoms with van der Waals surface area (Å²) in [5.41, 5.74) is -0.559. The fourth-order valence-corrected chi connectivity index (χ4v) is 2.96. The van der Waals surface area contributed by atoms with Crippen LogP contribution in [-0.2, 0) is 11.8 Å². The topological polar surface area (TPSA) is 56.2 Å². The van der Waals surface area contributed by atoms with Gasteiger partial charge in [-0.25, -0.2) is 8.78 Å². The number of ether oxygens (including phenoxy) is 1. The zero-order valence-electron chi connectivity index (χ0n) is 17.6. The first-order valence-electron chi connectivity index (χ1n) is 9.30. The Hall–Kier alpha value is -2.44. The number of alkyl halides is 2. The lowest BCUT2D eigenvalue weighted by atomic mass is 9.81. The van der Waals surface area contributed by atoms with Crippen LogP contribution in [0.4, 0.5) is 8.78 Å². The van der Waals surface area contributed by atoms with Crippen molar-refractivity contribution < 1.29 is 18.3 Å². The van der Waals surface area contributed by atoms with Gasteiger partial charge < -0.3 is 10.1 Å². The summed E-state index contributed by atoms with van der Waals surface area (Å²) >= 11 is 0. The van der Waals surface area contributed by atoms with Gasteiger partial charge in [-0.05, 0) is 31.4 Å². The van der Waals surface area contributed by atoms with Crippen molar-refractivity contribution in [1.82, 2.24) is 15.1 Å². The van der Waals surface area contributed by atoms with Crippen molar-refractivity contribution >= 4 is 5.91 Å². The lowest BCUT2D eigenvalue weighted by Gasteiger charge is -2.36. The van der Waals surface area contributed by atoms with E-state index < -0.39 is 23.6 Å². The van der Waals surface area contributed by atoms with E-state index in [9.17, 15) is 13.6 Å². The fourth-order valence-electron chi connectivity index (χ4n) is 2.96. The fraction of sp³-hybridized carbons (Fsp3) is 0.524. The molecule has 28 heavy (non-hydrogen) atoms. The van der Waals surface area contributed by atoms with Gasteiger partial charge in [-0.3, -0.25) is 9.48 Å². The summed E-state index contributed by atoms with van der Waals surface area (Å²) in [4.78, 5) is 12.9. The molecule has 0 fully saturated rings. The van der Waals surface area contributed by atoms with Crippen LogP contribution in [0, 0.1) is 5.92 Å². The molecule has 1 rings (SSSR count). The van der Waals surface area contributed by atoms with Gasteiger partial charge in [0, 0.05) is 13.2 Å². The summed E-state index contributed by atoms with van der Waals surface area (Å²) in [6, 6.07) is 0. The highest BCUT2D eigenvalue weighted by atomic mass is 19.3. The lowest BCUT2D eigenvalue weighted by molar-refractivity contribution is 0.0873. The summed E-state index contributed by atoms with van der Waals surface area (Å²) in [6.45, 7) is 11.6. The molecule has 0 spiro atoms. The van der Waals surface area contributed by atoms with E-state index in [0.29, 0.717) is 12.2 Å². The van der Waals surface area contributed by atoms with E-state index in [1.165, 1.54) is 17.9 Å². The minimum Gasteiger partial charge on any atom is -0.497 e. The number of rotatable bonds is 10. The van der Waals surface area contributed by atoms with Crippen molar-refractivity contribution in [3.8, 4) is 0 Å². The summed E-state index contributed by atoms with van der Waals surface area (Å²) < 4.78 is 33.2. The smallest absolute Gasteiger partial charge is 0.282 e. The molecular weight excluding hydrogens is 364 g/mol. The number of nitrogens with one attached hydrogen (secondary N) is 1. The van der Waals surface area contributed by atoms with Gasteiger partial charge in [0.25, 0.3) is 12.3 Å². The molecule has 0 saturated heterocycles. The highest BCUT2D eigenvalue weighted by molar-refractivity contribution is 5.96. The number of amides is 1. The van der Waals surface area contributed by atoms with E-state index in [2.05, 4.69) is 17.0 Å². The Morgan fingerprint density at radius 3 is 2.54 bits per heavy atom. The molecule has 1 atom stereocenters. The second-order valence-corrected chi connectivity index (χ2v) is 7.23. The maximum Gasteiger partial charge on any atom is 0.282 e. The second-order valence-electron chi connectivity index (χ2n) is 7.23. The monoisotopic (exact) mass is 395 g/mol. The average Bonchev–Trinajstić information content (AvgIpc) is 3.00. The third-order valence-electron chi connectivity index (χ3n) is 4.52. The van der Waals surface area contributed by atoms with Crippen molar-refractivity contribution in [3.63, 3.8) is 0 Å². The summed E-state index contributed by atoms with van der Waals surface area (Å²) in [5.74, 6) is -0.0293. The molecule has 1 aromatic heterocycles. The van der Waals surface area contributed by atoms with E-state index in [1.54, 1.807) is 13.2 Å². The molecule has 1 heterocycles. The third-order valence-corrected chi connectivity index (χ3v) is 4.52. The predicted molar refractivity (Wildman–Crippen MR) is 107 cm³/mol. The maximum absolute atomic E-state index is 13.3.